The molecule has 4 N–H and O–H groups in total. The van der Waals surface area contributed by atoms with E-state index >= 15 is 0 Å². The first-order chi connectivity index (χ1) is 11.8. The molecule has 0 spiro atoms. The molecule has 2 aromatic rings. The summed E-state index contributed by atoms with van der Waals surface area (Å²) in [6, 6.07) is 6.23. The number of nitrogens with one attached hydrogen (secondary N) is 1. The minimum Gasteiger partial charge on any atom is -0.504 e. The van der Waals surface area contributed by atoms with Gasteiger partial charge in [-0.25, -0.2) is 5.43 Å². The number of nitrogens with zero attached hydrogens (tertiary/aromatic N) is 1. The molecule has 7 nitrogen and oxygen atoms in total. The molecule has 0 aliphatic carbocycles. The summed E-state index contributed by atoms with van der Waals surface area (Å²) in [6.07, 6.45) is 1.13. The number of carbonyl (C=O) groups excluding carboxylic acids is 1. The van der Waals surface area contributed by atoms with Crippen LogP contribution in [0.15, 0.2) is 38.3 Å². The lowest BCUT2D eigenvalue weighted by atomic mass is 10.2. The van der Waals surface area contributed by atoms with E-state index in [1.54, 1.807) is 0 Å². The number of amides is 1. The van der Waals surface area contributed by atoms with Crippen molar-refractivity contribution in [1.29, 1.82) is 0 Å². The topological polar surface area (TPSA) is 111 Å². The van der Waals surface area contributed by atoms with Crippen LogP contribution >= 0.6 is 31.9 Å². The fraction of sp³-hybridized carbons (Fsp3) is 0.125. The number of benzene rings is 2. The average molecular weight is 474 g/mol. The van der Waals surface area contributed by atoms with Crippen LogP contribution in [-0.2, 0) is 4.79 Å². The second kappa shape index (κ2) is 8.21. The molecule has 0 bridgehead atoms. The van der Waals surface area contributed by atoms with E-state index in [0.29, 0.717) is 14.7 Å². The molecule has 0 heterocycles. The highest BCUT2D eigenvalue weighted by atomic mass is 79.9. The first kappa shape index (κ1) is 19.1. The van der Waals surface area contributed by atoms with Gasteiger partial charge in [-0.15, -0.1) is 0 Å². The summed E-state index contributed by atoms with van der Waals surface area (Å²) < 4.78 is 6.86. The number of hydrazone groups is 1. The normalized spacial score (nSPS) is 10.8. The lowest BCUT2D eigenvalue weighted by molar-refractivity contribution is -0.123. The van der Waals surface area contributed by atoms with Crippen LogP contribution in [0.5, 0.6) is 23.0 Å². The molecule has 0 aliphatic heterocycles. The molecule has 0 saturated heterocycles. The first-order valence-electron chi connectivity index (χ1n) is 6.94. The molecular weight excluding hydrogens is 460 g/mol. The number of aromatic hydroxyl groups is 3. The van der Waals surface area contributed by atoms with E-state index in [1.807, 2.05) is 19.1 Å². The summed E-state index contributed by atoms with van der Waals surface area (Å²) in [5.74, 6) is -1.68. The third kappa shape index (κ3) is 4.86. The summed E-state index contributed by atoms with van der Waals surface area (Å²) in [7, 11) is 0. The van der Waals surface area contributed by atoms with Gasteiger partial charge in [-0.1, -0.05) is 0 Å². The van der Waals surface area contributed by atoms with E-state index in [0.717, 1.165) is 11.8 Å². The second-order valence-electron chi connectivity index (χ2n) is 5.01. The Balaban J connectivity index is 1.95. The van der Waals surface area contributed by atoms with Crippen LogP contribution in [0.4, 0.5) is 0 Å². The number of phenolic OH excluding ortho intramolecular Hbond substituents is 3. The molecule has 9 heteroatoms. The van der Waals surface area contributed by atoms with Gasteiger partial charge in [0.2, 0.25) is 5.75 Å². The Bertz CT molecular complexity index is 817. The van der Waals surface area contributed by atoms with Crippen LogP contribution in [0.25, 0.3) is 0 Å². The predicted octanol–water partition coefficient (Wildman–Crippen LogP) is 3.17. The largest absolute Gasteiger partial charge is 0.504 e. The highest BCUT2D eigenvalue weighted by Crippen LogP contribution is 2.36. The molecule has 0 aromatic heterocycles. The lowest BCUT2D eigenvalue weighted by Crippen LogP contribution is -2.24. The molecule has 0 aliphatic rings. The number of rotatable bonds is 5. The molecule has 0 fully saturated rings. The summed E-state index contributed by atoms with van der Waals surface area (Å²) in [5, 5.41) is 31.9. The van der Waals surface area contributed by atoms with Crippen molar-refractivity contribution in [3.05, 3.63) is 44.3 Å². The Kier molecular flexibility index (Phi) is 6.27. The van der Waals surface area contributed by atoms with E-state index in [2.05, 4.69) is 42.4 Å². The molecule has 132 valence electrons. The van der Waals surface area contributed by atoms with Crippen LogP contribution in [-0.4, -0.2) is 34.0 Å². The lowest BCUT2D eigenvalue weighted by Gasteiger charge is -2.10. The third-order valence-corrected chi connectivity index (χ3v) is 4.22. The number of phenols is 3. The van der Waals surface area contributed by atoms with Gasteiger partial charge in [0.25, 0.3) is 5.91 Å². The van der Waals surface area contributed by atoms with Crippen LogP contribution in [0.3, 0.4) is 0 Å². The van der Waals surface area contributed by atoms with Crippen molar-refractivity contribution < 1.29 is 24.9 Å². The number of carbonyl (C=O) groups is 1. The van der Waals surface area contributed by atoms with E-state index in [1.165, 1.54) is 12.1 Å². The maximum atomic E-state index is 11.8. The fourth-order valence-electron chi connectivity index (χ4n) is 1.86. The van der Waals surface area contributed by atoms with Crippen molar-refractivity contribution in [1.82, 2.24) is 5.43 Å². The van der Waals surface area contributed by atoms with Gasteiger partial charge in [-0.3, -0.25) is 4.79 Å². The van der Waals surface area contributed by atoms with Crippen molar-refractivity contribution in [2.75, 3.05) is 6.61 Å². The molecule has 1 amide bonds. The Morgan fingerprint density at radius 2 is 1.84 bits per heavy atom. The van der Waals surface area contributed by atoms with Gasteiger partial charge in [0.1, 0.15) is 5.75 Å². The predicted molar refractivity (Wildman–Crippen MR) is 99.2 cm³/mol. The zero-order valence-corrected chi connectivity index (χ0v) is 16.1. The smallest absolute Gasteiger partial charge is 0.277 e. The van der Waals surface area contributed by atoms with Crippen LogP contribution in [0.2, 0.25) is 0 Å². The van der Waals surface area contributed by atoms with Crippen LogP contribution < -0.4 is 10.2 Å². The molecule has 0 unspecified atom stereocenters. The number of aryl methyl sites for hydroxylation is 1. The first-order valence-corrected chi connectivity index (χ1v) is 8.52. The maximum Gasteiger partial charge on any atom is 0.277 e. The minimum atomic E-state index is -0.660. The molecule has 0 saturated carbocycles. The van der Waals surface area contributed by atoms with Crippen LogP contribution in [0, 0.1) is 6.92 Å². The molecule has 0 radical (unpaired) electrons. The van der Waals surface area contributed by atoms with E-state index in [9.17, 15) is 20.1 Å². The van der Waals surface area contributed by atoms with Gasteiger partial charge in [-0.2, -0.15) is 5.10 Å². The SMILES string of the molecule is Cc1cc(Br)c(OCC(=O)NN=Cc2ccc(O)c(O)c2O)c(Br)c1. The average Bonchev–Trinajstić information content (AvgIpc) is 2.54. The molecule has 2 rings (SSSR count). The number of halogens is 2. The Morgan fingerprint density at radius 3 is 2.48 bits per heavy atom. The Labute approximate surface area is 160 Å². The van der Waals surface area contributed by atoms with Gasteiger partial charge in [-0.05, 0) is 68.6 Å². The Hall–Kier alpha value is -2.26. The molecule has 0 atom stereocenters. The summed E-state index contributed by atoms with van der Waals surface area (Å²) in [5.41, 5.74) is 3.38. The summed E-state index contributed by atoms with van der Waals surface area (Å²) >= 11 is 6.73. The molecular formula is C16H14Br2N2O5. The van der Waals surface area contributed by atoms with Crippen molar-refractivity contribution in [3.63, 3.8) is 0 Å². The number of hydrogen-bond donors (Lipinski definition) is 4. The van der Waals surface area contributed by atoms with Gasteiger partial charge < -0.3 is 20.1 Å². The summed E-state index contributed by atoms with van der Waals surface area (Å²) in [6.45, 7) is 1.65. The second-order valence-corrected chi connectivity index (χ2v) is 6.72. The van der Waals surface area contributed by atoms with Gasteiger partial charge in [0.15, 0.2) is 18.1 Å². The molecule has 2 aromatic carbocycles. The standard InChI is InChI=1S/C16H14Br2N2O5/c1-8-4-10(17)16(11(18)5-8)25-7-13(22)20-19-6-9-2-3-12(21)15(24)14(9)23/h2-6,21,23-24H,7H2,1H3,(H,20,22). The van der Waals surface area contributed by atoms with Crippen molar-refractivity contribution >= 4 is 44.0 Å². The highest BCUT2D eigenvalue weighted by Gasteiger charge is 2.11. The van der Waals surface area contributed by atoms with Crippen molar-refractivity contribution in [2.24, 2.45) is 5.10 Å². The number of ether oxygens (including phenoxy) is 1. The maximum absolute atomic E-state index is 11.8. The van der Waals surface area contributed by atoms with E-state index < -0.39 is 23.2 Å². The monoisotopic (exact) mass is 472 g/mol. The highest BCUT2D eigenvalue weighted by molar-refractivity contribution is 9.11. The third-order valence-electron chi connectivity index (χ3n) is 3.04. The molecule has 25 heavy (non-hydrogen) atoms. The summed E-state index contributed by atoms with van der Waals surface area (Å²) in [4.78, 5) is 11.8. The van der Waals surface area contributed by atoms with Gasteiger partial charge in [0.05, 0.1) is 15.2 Å². The van der Waals surface area contributed by atoms with E-state index in [-0.39, 0.29) is 12.2 Å². The van der Waals surface area contributed by atoms with Gasteiger partial charge in [0, 0.05) is 5.56 Å². The zero-order valence-electron chi connectivity index (χ0n) is 13.0. The van der Waals surface area contributed by atoms with Crippen molar-refractivity contribution in [2.45, 2.75) is 6.92 Å². The fourth-order valence-corrected chi connectivity index (χ4v) is 3.50. The Morgan fingerprint density at radius 1 is 1.20 bits per heavy atom. The quantitative estimate of drug-likeness (QED) is 0.303. The van der Waals surface area contributed by atoms with E-state index in [4.69, 9.17) is 4.74 Å². The zero-order chi connectivity index (χ0) is 18.6. The minimum absolute atomic E-state index is 0.126. The van der Waals surface area contributed by atoms with Gasteiger partial charge >= 0.3 is 0 Å². The number of hydrogen-bond acceptors (Lipinski definition) is 6. The van der Waals surface area contributed by atoms with Crippen LogP contribution in [0.1, 0.15) is 11.1 Å². The van der Waals surface area contributed by atoms with Crippen molar-refractivity contribution in [3.8, 4) is 23.0 Å².